The Hall–Kier alpha value is -1.78. The van der Waals surface area contributed by atoms with Gasteiger partial charge >= 0.3 is 0 Å². The van der Waals surface area contributed by atoms with E-state index < -0.39 is 0 Å². The summed E-state index contributed by atoms with van der Waals surface area (Å²) in [5.41, 5.74) is 1.81. The van der Waals surface area contributed by atoms with Gasteiger partial charge in [0.25, 0.3) is 5.91 Å². The van der Waals surface area contributed by atoms with Gasteiger partial charge < -0.3 is 10.6 Å². The lowest BCUT2D eigenvalue weighted by atomic mass is 10.2. The first-order chi connectivity index (χ1) is 11.6. The fraction of sp³-hybridized carbons (Fsp3) is 0.0625. The normalized spacial score (nSPS) is 10.4. The van der Waals surface area contributed by atoms with Crippen LogP contribution in [0.1, 0.15) is 9.67 Å². The average Bonchev–Trinajstić information content (AvgIpc) is 3.25. The smallest absolute Gasteiger partial charge is 0.261 e. The lowest BCUT2D eigenvalue weighted by molar-refractivity contribution is -0.115. The third-order valence-electron chi connectivity index (χ3n) is 3.04. The van der Waals surface area contributed by atoms with Crippen molar-refractivity contribution in [3.8, 4) is 11.3 Å². The standard InChI is InChI=1S/C16H12IN3O2S2/c17-11-5-3-10(4-6-11)12-9-24-16(19-12)20-14(21)8-18-15(22)13-2-1-7-23-13/h1-7,9H,8H2,(H,18,22)(H,19,20,21). The number of benzene rings is 1. The molecule has 3 rings (SSSR count). The van der Waals surface area contributed by atoms with E-state index in [2.05, 4.69) is 38.2 Å². The monoisotopic (exact) mass is 469 g/mol. The largest absolute Gasteiger partial charge is 0.342 e. The maximum Gasteiger partial charge on any atom is 0.261 e. The van der Waals surface area contributed by atoms with Gasteiger partial charge in [-0.25, -0.2) is 4.98 Å². The summed E-state index contributed by atoms with van der Waals surface area (Å²) in [6.07, 6.45) is 0. The van der Waals surface area contributed by atoms with Gasteiger partial charge in [0, 0.05) is 14.5 Å². The van der Waals surface area contributed by atoms with Crippen LogP contribution >= 0.6 is 45.3 Å². The Morgan fingerprint density at radius 1 is 1.12 bits per heavy atom. The number of hydrogen-bond acceptors (Lipinski definition) is 5. The van der Waals surface area contributed by atoms with E-state index in [-0.39, 0.29) is 18.4 Å². The van der Waals surface area contributed by atoms with E-state index in [1.807, 2.05) is 35.0 Å². The van der Waals surface area contributed by atoms with Crippen molar-refractivity contribution in [1.29, 1.82) is 0 Å². The molecule has 3 aromatic rings. The minimum Gasteiger partial charge on any atom is -0.342 e. The zero-order valence-corrected chi connectivity index (χ0v) is 16.1. The van der Waals surface area contributed by atoms with Crippen LogP contribution in [-0.4, -0.2) is 23.3 Å². The summed E-state index contributed by atoms with van der Waals surface area (Å²) in [4.78, 5) is 28.7. The Morgan fingerprint density at radius 2 is 1.92 bits per heavy atom. The molecule has 0 atom stereocenters. The van der Waals surface area contributed by atoms with Crippen LogP contribution in [0.4, 0.5) is 5.13 Å². The third kappa shape index (κ3) is 4.40. The molecule has 0 unspecified atom stereocenters. The second-order valence-corrected chi connectivity index (χ2v) is 7.80. The molecule has 0 saturated carbocycles. The summed E-state index contributed by atoms with van der Waals surface area (Å²) >= 11 is 4.93. The zero-order valence-electron chi connectivity index (χ0n) is 12.3. The van der Waals surface area contributed by atoms with Crippen LogP contribution in [0.3, 0.4) is 0 Å². The molecule has 2 N–H and O–H groups in total. The second-order valence-electron chi connectivity index (χ2n) is 4.75. The number of carbonyl (C=O) groups excluding carboxylic acids is 2. The lowest BCUT2D eigenvalue weighted by Gasteiger charge is -2.03. The summed E-state index contributed by atoms with van der Waals surface area (Å²) in [7, 11) is 0. The quantitative estimate of drug-likeness (QED) is 0.558. The van der Waals surface area contributed by atoms with Gasteiger partial charge in [-0.05, 0) is 46.2 Å². The molecule has 5 nitrogen and oxygen atoms in total. The minimum atomic E-state index is -0.302. The molecular formula is C16H12IN3O2S2. The van der Waals surface area contributed by atoms with E-state index in [1.165, 1.54) is 22.7 Å². The number of anilines is 1. The van der Waals surface area contributed by atoms with Crippen molar-refractivity contribution in [3.63, 3.8) is 0 Å². The first-order valence-corrected chi connectivity index (χ1v) is 9.78. The van der Waals surface area contributed by atoms with Crippen molar-refractivity contribution in [2.45, 2.75) is 0 Å². The average molecular weight is 469 g/mol. The fourth-order valence-corrected chi connectivity index (χ4v) is 3.64. The van der Waals surface area contributed by atoms with Gasteiger partial charge in [-0.1, -0.05) is 18.2 Å². The SMILES string of the molecule is O=C(CNC(=O)c1cccs1)Nc1nc(-c2ccc(I)cc2)cs1. The summed E-state index contributed by atoms with van der Waals surface area (Å²) in [6, 6.07) is 11.5. The van der Waals surface area contributed by atoms with Gasteiger partial charge in [-0.3, -0.25) is 9.59 Å². The molecule has 24 heavy (non-hydrogen) atoms. The summed E-state index contributed by atoms with van der Waals surface area (Å²) in [5.74, 6) is -0.553. The number of rotatable bonds is 5. The lowest BCUT2D eigenvalue weighted by Crippen LogP contribution is -2.32. The van der Waals surface area contributed by atoms with Gasteiger partial charge in [-0.2, -0.15) is 0 Å². The van der Waals surface area contributed by atoms with Crippen molar-refractivity contribution in [2.75, 3.05) is 11.9 Å². The number of nitrogens with zero attached hydrogens (tertiary/aromatic N) is 1. The molecule has 0 bridgehead atoms. The minimum absolute atomic E-state index is 0.0881. The van der Waals surface area contributed by atoms with Crippen LogP contribution in [0.5, 0.6) is 0 Å². The van der Waals surface area contributed by atoms with Crippen LogP contribution in [0, 0.1) is 3.57 Å². The molecule has 0 radical (unpaired) electrons. The Labute approximate surface area is 160 Å². The number of aromatic nitrogens is 1. The summed E-state index contributed by atoms with van der Waals surface area (Å²) < 4.78 is 1.15. The van der Waals surface area contributed by atoms with E-state index in [9.17, 15) is 9.59 Å². The number of halogens is 1. The third-order valence-corrected chi connectivity index (χ3v) is 5.39. The first kappa shape index (κ1) is 17.1. The number of carbonyl (C=O) groups is 2. The van der Waals surface area contributed by atoms with Gasteiger partial charge in [0.15, 0.2) is 5.13 Å². The first-order valence-electron chi connectivity index (χ1n) is 6.95. The maximum absolute atomic E-state index is 11.9. The molecule has 0 aliphatic carbocycles. The molecule has 0 fully saturated rings. The van der Waals surface area contributed by atoms with E-state index in [0.29, 0.717) is 10.0 Å². The Balaban J connectivity index is 1.55. The molecule has 1 aromatic carbocycles. The Morgan fingerprint density at radius 3 is 2.62 bits per heavy atom. The fourth-order valence-electron chi connectivity index (χ4n) is 1.90. The van der Waals surface area contributed by atoms with Crippen molar-refractivity contribution >= 4 is 62.2 Å². The number of amides is 2. The summed E-state index contributed by atoms with van der Waals surface area (Å²) in [6.45, 7) is -0.0881. The van der Waals surface area contributed by atoms with Gasteiger partial charge in [0.1, 0.15) is 0 Å². The highest BCUT2D eigenvalue weighted by Crippen LogP contribution is 2.25. The predicted octanol–water partition coefficient (Wildman–Crippen LogP) is 3.84. The highest BCUT2D eigenvalue weighted by atomic mass is 127. The molecule has 0 aliphatic rings. The van der Waals surface area contributed by atoms with Gasteiger partial charge in [0.05, 0.1) is 17.1 Å². The topological polar surface area (TPSA) is 71.1 Å². The van der Waals surface area contributed by atoms with E-state index in [1.54, 1.807) is 12.1 Å². The predicted molar refractivity (Wildman–Crippen MR) is 106 cm³/mol. The van der Waals surface area contributed by atoms with Crippen LogP contribution in [0.2, 0.25) is 0 Å². The number of thiophene rings is 1. The second kappa shape index (κ2) is 7.86. The van der Waals surface area contributed by atoms with Crippen LogP contribution in [0.15, 0.2) is 47.2 Å². The molecule has 0 saturated heterocycles. The number of hydrogen-bond donors (Lipinski definition) is 2. The molecule has 0 spiro atoms. The zero-order chi connectivity index (χ0) is 16.9. The van der Waals surface area contributed by atoms with Crippen molar-refractivity contribution in [3.05, 3.63) is 55.6 Å². The van der Waals surface area contributed by atoms with Gasteiger partial charge in [0.2, 0.25) is 5.91 Å². The molecule has 2 amide bonds. The molecule has 0 aliphatic heterocycles. The number of thiazole rings is 1. The van der Waals surface area contributed by atoms with Crippen molar-refractivity contribution in [2.24, 2.45) is 0 Å². The molecule has 122 valence electrons. The molecule has 8 heteroatoms. The van der Waals surface area contributed by atoms with Crippen molar-refractivity contribution in [1.82, 2.24) is 10.3 Å². The van der Waals surface area contributed by atoms with Crippen LogP contribution in [-0.2, 0) is 4.79 Å². The highest BCUT2D eigenvalue weighted by molar-refractivity contribution is 14.1. The molecule has 2 aromatic heterocycles. The van der Waals surface area contributed by atoms with E-state index >= 15 is 0 Å². The van der Waals surface area contributed by atoms with Crippen LogP contribution in [0.25, 0.3) is 11.3 Å². The van der Waals surface area contributed by atoms with Crippen molar-refractivity contribution < 1.29 is 9.59 Å². The van der Waals surface area contributed by atoms with Crippen LogP contribution < -0.4 is 10.6 Å². The Bertz CT molecular complexity index is 845. The highest BCUT2D eigenvalue weighted by Gasteiger charge is 2.11. The Kier molecular flexibility index (Phi) is 5.59. The maximum atomic E-state index is 11.9. The van der Waals surface area contributed by atoms with E-state index in [4.69, 9.17) is 0 Å². The molecule has 2 heterocycles. The summed E-state index contributed by atoms with van der Waals surface area (Å²) in [5, 5.41) is 9.50. The van der Waals surface area contributed by atoms with Gasteiger partial charge in [-0.15, -0.1) is 22.7 Å². The van der Waals surface area contributed by atoms with E-state index in [0.717, 1.165) is 14.8 Å². The molecular weight excluding hydrogens is 457 g/mol. The number of nitrogens with one attached hydrogen (secondary N) is 2.